The molecule has 2 aromatic rings. The summed E-state index contributed by atoms with van der Waals surface area (Å²) < 4.78 is 31.9. The van der Waals surface area contributed by atoms with Gasteiger partial charge in [0.1, 0.15) is 11.3 Å². The summed E-state index contributed by atoms with van der Waals surface area (Å²) in [6, 6.07) is 6.70. The van der Waals surface area contributed by atoms with Gasteiger partial charge < -0.3 is 15.8 Å². The van der Waals surface area contributed by atoms with E-state index in [1.54, 1.807) is 12.1 Å². The van der Waals surface area contributed by atoms with E-state index in [2.05, 4.69) is 5.32 Å². The molecule has 0 aromatic heterocycles. The van der Waals surface area contributed by atoms with Crippen LogP contribution >= 0.6 is 0 Å². The standard InChI is InChI=1S/C22H23F2N3O2/c1-29-21-15(22(28)27-11-10-13-2-3-13)6-9-19(26)20(21)18(25)8-5-14-4-7-16(23)17(24)12-14/h4-9,12-13,25H,2-3,10-11,26H2,1H3,(H,27,28)/p+1/b8-5+,25-18?. The van der Waals surface area contributed by atoms with E-state index in [0.717, 1.165) is 18.6 Å². The highest BCUT2D eigenvalue weighted by molar-refractivity contribution is 6.14. The van der Waals surface area contributed by atoms with Gasteiger partial charge in [-0.15, -0.1) is 0 Å². The molecule has 0 spiro atoms. The Morgan fingerprint density at radius 3 is 2.69 bits per heavy atom. The molecule has 2 aromatic carbocycles. The summed E-state index contributed by atoms with van der Waals surface area (Å²) in [7, 11) is 1.44. The molecule has 7 heteroatoms. The van der Waals surface area contributed by atoms with Crippen LogP contribution in [0.25, 0.3) is 6.08 Å². The van der Waals surface area contributed by atoms with E-state index in [4.69, 9.17) is 15.9 Å². The number of methoxy groups -OCH3 is 1. The average molecular weight is 400 g/mol. The van der Waals surface area contributed by atoms with Crippen molar-refractivity contribution in [3.05, 3.63) is 64.7 Å². The van der Waals surface area contributed by atoms with Crippen molar-refractivity contribution in [2.45, 2.75) is 19.3 Å². The Hall–Kier alpha value is -3.22. The lowest BCUT2D eigenvalue weighted by molar-refractivity contribution is -0.111. The molecule has 29 heavy (non-hydrogen) atoms. The van der Waals surface area contributed by atoms with Crippen molar-refractivity contribution in [2.24, 2.45) is 5.92 Å². The second-order valence-corrected chi connectivity index (χ2v) is 7.06. The molecule has 1 saturated carbocycles. The number of rotatable bonds is 8. The Morgan fingerprint density at radius 1 is 1.28 bits per heavy atom. The maximum absolute atomic E-state index is 13.4. The number of halogens is 2. The fourth-order valence-electron chi connectivity index (χ4n) is 3.06. The lowest BCUT2D eigenvalue weighted by Gasteiger charge is -2.13. The van der Waals surface area contributed by atoms with E-state index >= 15 is 0 Å². The molecule has 0 bridgehead atoms. The van der Waals surface area contributed by atoms with Gasteiger partial charge >= 0.3 is 0 Å². The summed E-state index contributed by atoms with van der Waals surface area (Å²) in [6.07, 6.45) is 6.44. The van der Waals surface area contributed by atoms with E-state index in [1.807, 2.05) is 0 Å². The Labute approximate surface area is 168 Å². The summed E-state index contributed by atoms with van der Waals surface area (Å²) in [5, 5.41) is 9.07. The van der Waals surface area contributed by atoms with Crippen LogP contribution in [0.4, 0.5) is 14.5 Å². The van der Waals surface area contributed by atoms with Crippen molar-refractivity contribution in [3.8, 4) is 5.75 Å². The number of nitrogen functional groups attached to an aromatic ring is 1. The van der Waals surface area contributed by atoms with Crippen LogP contribution in [0.2, 0.25) is 0 Å². The monoisotopic (exact) mass is 400 g/mol. The number of nitrogens with two attached hydrogens (primary N) is 2. The number of hydrogen-bond acceptors (Lipinski definition) is 3. The Morgan fingerprint density at radius 2 is 2.03 bits per heavy atom. The minimum absolute atomic E-state index is 0.233. The SMILES string of the molecule is COc1c(C(=O)NCCC2CC2)ccc(N)c1C(=[NH2+])/C=C/c1ccc(F)c(F)c1. The van der Waals surface area contributed by atoms with Gasteiger partial charge in [0.05, 0.1) is 12.7 Å². The van der Waals surface area contributed by atoms with Crippen LogP contribution < -0.4 is 21.2 Å². The highest BCUT2D eigenvalue weighted by Gasteiger charge is 2.24. The molecule has 5 nitrogen and oxygen atoms in total. The molecular formula is C22H24F2N3O2+. The van der Waals surface area contributed by atoms with Crippen molar-refractivity contribution in [1.82, 2.24) is 5.32 Å². The molecule has 0 saturated heterocycles. The van der Waals surface area contributed by atoms with Crippen molar-refractivity contribution in [2.75, 3.05) is 19.4 Å². The van der Waals surface area contributed by atoms with Gasteiger partial charge in [-0.3, -0.25) is 10.2 Å². The minimum Gasteiger partial charge on any atom is -0.495 e. The first-order valence-corrected chi connectivity index (χ1v) is 9.41. The summed E-state index contributed by atoms with van der Waals surface area (Å²) in [6.45, 7) is 0.599. The molecular weight excluding hydrogens is 376 g/mol. The maximum atomic E-state index is 13.4. The predicted octanol–water partition coefficient (Wildman–Crippen LogP) is 2.35. The number of carbonyl (C=O) groups excluding carboxylic acids is 1. The second-order valence-electron chi connectivity index (χ2n) is 7.06. The number of ether oxygens (including phenoxy) is 1. The van der Waals surface area contributed by atoms with Crippen LogP contribution in [0.3, 0.4) is 0 Å². The molecule has 1 fully saturated rings. The maximum Gasteiger partial charge on any atom is 0.255 e. The molecule has 0 aliphatic heterocycles. The number of anilines is 1. The molecule has 1 aliphatic rings. The topological polar surface area (TPSA) is 89.9 Å². The third-order valence-corrected chi connectivity index (χ3v) is 4.86. The predicted molar refractivity (Wildman–Crippen MR) is 109 cm³/mol. The number of hydrogen-bond donors (Lipinski definition) is 3. The fourth-order valence-corrected chi connectivity index (χ4v) is 3.06. The molecule has 0 radical (unpaired) electrons. The highest BCUT2D eigenvalue weighted by atomic mass is 19.2. The lowest BCUT2D eigenvalue weighted by Crippen LogP contribution is -2.40. The van der Waals surface area contributed by atoms with Gasteiger partial charge in [-0.2, -0.15) is 0 Å². The third-order valence-electron chi connectivity index (χ3n) is 4.86. The first-order chi connectivity index (χ1) is 13.9. The number of allylic oxidation sites excluding steroid dienone is 1. The molecule has 1 amide bonds. The van der Waals surface area contributed by atoms with Gasteiger partial charge in [0.2, 0.25) is 5.71 Å². The second kappa shape index (κ2) is 8.86. The quantitative estimate of drug-likeness (QED) is 0.469. The van der Waals surface area contributed by atoms with E-state index in [0.29, 0.717) is 34.8 Å². The fraction of sp³-hybridized carbons (Fsp3) is 0.273. The summed E-state index contributed by atoms with van der Waals surface area (Å²) in [5.41, 5.74) is 7.78. The number of amides is 1. The van der Waals surface area contributed by atoms with Gasteiger partial charge in [0.25, 0.3) is 5.91 Å². The van der Waals surface area contributed by atoms with Crippen LogP contribution in [0.1, 0.15) is 40.7 Å². The zero-order valence-electron chi connectivity index (χ0n) is 16.2. The Bertz CT molecular complexity index is 969. The minimum atomic E-state index is -0.951. The number of benzene rings is 2. The average Bonchev–Trinajstić information content (AvgIpc) is 3.52. The first kappa shape index (κ1) is 20.5. The highest BCUT2D eigenvalue weighted by Crippen LogP contribution is 2.32. The van der Waals surface area contributed by atoms with Gasteiger partial charge in [-0.25, -0.2) is 8.78 Å². The smallest absolute Gasteiger partial charge is 0.255 e. The van der Waals surface area contributed by atoms with Crippen molar-refractivity contribution >= 4 is 23.4 Å². The van der Waals surface area contributed by atoms with Gasteiger partial charge in [0, 0.05) is 18.3 Å². The Balaban J connectivity index is 1.82. The number of nitrogens with one attached hydrogen (secondary N) is 1. The lowest BCUT2D eigenvalue weighted by atomic mass is 10.0. The van der Waals surface area contributed by atoms with Gasteiger partial charge in [0.15, 0.2) is 11.6 Å². The molecule has 0 unspecified atom stereocenters. The van der Waals surface area contributed by atoms with Gasteiger partial charge in [-0.05, 0) is 48.2 Å². The number of carbonyl (C=O) groups is 1. The van der Waals surface area contributed by atoms with Crippen molar-refractivity contribution in [1.29, 1.82) is 0 Å². The molecule has 3 rings (SSSR count). The summed E-state index contributed by atoms with van der Waals surface area (Å²) >= 11 is 0. The van der Waals surface area contributed by atoms with Gasteiger partial charge in [-0.1, -0.05) is 18.9 Å². The summed E-state index contributed by atoms with van der Waals surface area (Å²) in [4.78, 5) is 12.6. The van der Waals surface area contributed by atoms with Crippen LogP contribution in [0.15, 0.2) is 36.4 Å². The Kier molecular flexibility index (Phi) is 6.26. The molecule has 152 valence electrons. The van der Waals surface area contributed by atoms with E-state index in [1.165, 1.54) is 38.2 Å². The molecule has 0 heterocycles. The van der Waals surface area contributed by atoms with Crippen molar-refractivity contribution < 1.29 is 23.7 Å². The molecule has 1 aliphatic carbocycles. The van der Waals surface area contributed by atoms with Crippen LogP contribution in [0, 0.1) is 17.6 Å². The van der Waals surface area contributed by atoms with Crippen molar-refractivity contribution in [3.63, 3.8) is 0 Å². The van der Waals surface area contributed by atoms with E-state index in [-0.39, 0.29) is 17.4 Å². The first-order valence-electron chi connectivity index (χ1n) is 9.41. The molecule has 0 atom stereocenters. The van der Waals surface area contributed by atoms with Crippen LogP contribution in [0.5, 0.6) is 5.75 Å². The van der Waals surface area contributed by atoms with E-state index in [9.17, 15) is 13.6 Å². The van der Waals surface area contributed by atoms with Crippen LogP contribution in [-0.2, 0) is 0 Å². The normalized spacial score (nSPS) is 13.5. The van der Waals surface area contributed by atoms with Crippen LogP contribution in [-0.4, -0.2) is 25.3 Å². The summed E-state index contributed by atoms with van der Waals surface area (Å²) in [5.74, 6) is -1.16. The zero-order chi connectivity index (χ0) is 21.0. The van der Waals surface area contributed by atoms with E-state index < -0.39 is 11.6 Å². The zero-order valence-corrected chi connectivity index (χ0v) is 16.2. The third kappa shape index (κ3) is 4.99. The largest absolute Gasteiger partial charge is 0.495 e. The molecule has 5 N–H and O–H groups in total.